The number of rotatable bonds is 6. The Hall–Kier alpha value is -1.70. The molecule has 7 heteroatoms. The molecule has 5 rings (SSSR count). The third-order valence-electron chi connectivity index (χ3n) is 5.21. The molecule has 27 heavy (non-hydrogen) atoms. The van der Waals surface area contributed by atoms with Crippen molar-refractivity contribution in [1.82, 2.24) is 4.98 Å². The van der Waals surface area contributed by atoms with Crippen molar-refractivity contribution in [3.63, 3.8) is 0 Å². The van der Waals surface area contributed by atoms with Crippen molar-refractivity contribution >= 4 is 27.3 Å². The van der Waals surface area contributed by atoms with E-state index in [4.69, 9.17) is 18.9 Å². The molecule has 0 amide bonds. The fourth-order valence-corrected chi connectivity index (χ4v) is 4.68. The molecular formula is C20H23NO5S. The van der Waals surface area contributed by atoms with Gasteiger partial charge >= 0.3 is 0 Å². The Morgan fingerprint density at radius 1 is 1.26 bits per heavy atom. The molecule has 1 aromatic carbocycles. The fourth-order valence-electron chi connectivity index (χ4n) is 3.76. The molecule has 3 heterocycles. The maximum atomic E-state index is 12.6. The van der Waals surface area contributed by atoms with Crippen molar-refractivity contribution < 1.29 is 23.7 Å². The Morgan fingerprint density at radius 3 is 2.89 bits per heavy atom. The predicted octanol–water partition coefficient (Wildman–Crippen LogP) is 3.61. The molecule has 0 spiro atoms. The number of hydrogen-bond donors (Lipinski definition) is 0. The van der Waals surface area contributed by atoms with Gasteiger partial charge in [0.15, 0.2) is 11.9 Å². The fraction of sp³-hybridized carbons (Fsp3) is 0.600. The number of fused-ring (bicyclic) bond motifs is 2. The molecule has 6 nitrogen and oxygen atoms in total. The zero-order valence-electron chi connectivity index (χ0n) is 15.5. The number of thiazole rings is 1. The average molecular weight is 389 g/mol. The molecule has 0 radical (unpaired) electrons. The summed E-state index contributed by atoms with van der Waals surface area (Å²) in [5.41, 5.74) is 1.46. The minimum Gasteiger partial charge on any atom is -0.489 e. The van der Waals surface area contributed by atoms with Crippen LogP contribution in [0.1, 0.15) is 43.5 Å². The Bertz CT molecular complexity index is 875. The SMILES string of the molecule is CC(C)Oc1cc(C(=O)C2CC2)cc2sc(OC3CO[C@@H]4CCO[C@H]34)nc12. The monoisotopic (exact) mass is 389 g/mol. The highest BCUT2D eigenvalue weighted by atomic mass is 32.1. The van der Waals surface area contributed by atoms with Gasteiger partial charge in [-0.25, -0.2) is 0 Å². The van der Waals surface area contributed by atoms with Crippen LogP contribution < -0.4 is 9.47 Å². The van der Waals surface area contributed by atoms with Gasteiger partial charge in [-0.15, -0.1) is 0 Å². The summed E-state index contributed by atoms with van der Waals surface area (Å²) in [6.07, 6.45) is 2.87. The quantitative estimate of drug-likeness (QED) is 0.703. The molecule has 1 saturated carbocycles. The molecule has 1 aromatic heterocycles. The topological polar surface area (TPSA) is 66.9 Å². The molecule has 3 fully saturated rings. The molecule has 3 aliphatic rings. The first-order valence-corrected chi connectivity index (χ1v) is 10.5. The van der Waals surface area contributed by atoms with Crippen molar-refractivity contribution in [3.8, 4) is 10.9 Å². The maximum absolute atomic E-state index is 12.6. The van der Waals surface area contributed by atoms with Gasteiger partial charge in [-0.1, -0.05) is 11.3 Å². The van der Waals surface area contributed by atoms with E-state index < -0.39 is 0 Å². The summed E-state index contributed by atoms with van der Waals surface area (Å²) in [6.45, 7) is 5.18. The summed E-state index contributed by atoms with van der Waals surface area (Å²) in [6, 6.07) is 3.76. The van der Waals surface area contributed by atoms with E-state index in [0.29, 0.717) is 29.7 Å². The van der Waals surface area contributed by atoms with Crippen molar-refractivity contribution in [3.05, 3.63) is 17.7 Å². The second-order valence-corrected chi connectivity index (χ2v) is 8.75. The number of nitrogens with zero attached hydrogens (tertiary/aromatic N) is 1. The van der Waals surface area contributed by atoms with Crippen LogP contribution in [0.25, 0.3) is 10.2 Å². The van der Waals surface area contributed by atoms with Crippen LogP contribution in [-0.2, 0) is 9.47 Å². The van der Waals surface area contributed by atoms with Crippen LogP contribution >= 0.6 is 11.3 Å². The first-order valence-electron chi connectivity index (χ1n) is 9.64. The van der Waals surface area contributed by atoms with Crippen molar-refractivity contribution in [2.24, 2.45) is 5.92 Å². The molecule has 2 aromatic rings. The standard InChI is InChI=1S/C20H23NO5S/c1-10(2)25-14-7-12(18(22)11-3-4-11)8-16-17(14)21-20(27-16)26-15-9-24-13-5-6-23-19(13)15/h7-8,10-11,13,15,19H,3-6,9H2,1-2H3/t13-,15?,19+/m1/s1. The number of carbonyl (C=O) groups is 1. The number of hydrogen-bond acceptors (Lipinski definition) is 7. The van der Waals surface area contributed by atoms with Crippen LogP contribution in [-0.4, -0.2) is 48.4 Å². The molecule has 1 unspecified atom stereocenters. The zero-order valence-corrected chi connectivity index (χ0v) is 16.3. The van der Waals surface area contributed by atoms with Gasteiger partial charge in [-0.3, -0.25) is 4.79 Å². The number of benzene rings is 1. The maximum Gasteiger partial charge on any atom is 0.274 e. The number of ether oxygens (including phenoxy) is 4. The Kier molecular flexibility index (Phi) is 4.33. The summed E-state index contributed by atoms with van der Waals surface area (Å²) in [4.78, 5) is 17.2. The summed E-state index contributed by atoms with van der Waals surface area (Å²) < 4.78 is 24.5. The predicted molar refractivity (Wildman–Crippen MR) is 101 cm³/mol. The van der Waals surface area contributed by atoms with Crippen LogP contribution in [0.2, 0.25) is 0 Å². The first kappa shape index (κ1) is 17.4. The van der Waals surface area contributed by atoms with Crippen LogP contribution in [0.4, 0.5) is 0 Å². The molecule has 0 bridgehead atoms. The number of Topliss-reactive ketones (excluding diaryl/α,β-unsaturated/α-hetero) is 1. The van der Waals surface area contributed by atoms with Crippen LogP contribution in [0.15, 0.2) is 12.1 Å². The first-order chi connectivity index (χ1) is 13.1. The number of ketones is 1. The van der Waals surface area contributed by atoms with Gasteiger partial charge in [0.25, 0.3) is 5.19 Å². The minimum absolute atomic E-state index is 0.00132. The van der Waals surface area contributed by atoms with E-state index in [9.17, 15) is 4.79 Å². The highest BCUT2D eigenvalue weighted by Crippen LogP contribution is 2.40. The highest BCUT2D eigenvalue weighted by molar-refractivity contribution is 7.20. The number of carbonyl (C=O) groups excluding carboxylic acids is 1. The van der Waals surface area contributed by atoms with E-state index >= 15 is 0 Å². The molecule has 2 aliphatic heterocycles. The summed E-state index contributed by atoms with van der Waals surface area (Å²) in [5.74, 6) is 1.02. The van der Waals surface area contributed by atoms with E-state index in [0.717, 1.165) is 29.5 Å². The Labute approximate surface area is 161 Å². The number of aromatic nitrogens is 1. The van der Waals surface area contributed by atoms with Crippen molar-refractivity contribution in [2.75, 3.05) is 13.2 Å². The normalized spacial score (nSPS) is 27.3. The van der Waals surface area contributed by atoms with Gasteiger partial charge in [-0.2, -0.15) is 4.98 Å². The van der Waals surface area contributed by atoms with E-state index in [2.05, 4.69) is 4.98 Å². The molecule has 3 atom stereocenters. The van der Waals surface area contributed by atoms with E-state index in [1.165, 1.54) is 11.3 Å². The van der Waals surface area contributed by atoms with Gasteiger partial charge in [0.05, 0.1) is 23.5 Å². The lowest BCUT2D eigenvalue weighted by Crippen LogP contribution is -2.32. The summed E-state index contributed by atoms with van der Waals surface area (Å²) in [7, 11) is 0. The largest absolute Gasteiger partial charge is 0.489 e. The second kappa shape index (κ2) is 6.72. The third-order valence-corrected chi connectivity index (χ3v) is 6.10. The second-order valence-electron chi connectivity index (χ2n) is 7.76. The lowest BCUT2D eigenvalue weighted by Gasteiger charge is -2.15. The van der Waals surface area contributed by atoms with Crippen LogP contribution in [0, 0.1) is 5.92 Å². The molecular weight excluding hydrogens is 366 g/mol. The highest BCUT2D eigenvalue weighted by Gasteiger charge is 2.43. The Balaban J connectivity index is 1.46. The lowest BCUT2D eigenvalue weighted by molar-refractivity contribution is 0.0308. The van der Waals surface area contributed by atoms with Crippen molar-refractivity contribution in [1.29, 1.82) is 0 Å². The van der Waals surface area contributed by atoms with E-state index in [1.807, 2.05) is 26.0 Å². The van der Waals surface area contributed by atoms with Crippen molar-refractivity contribution in [2.45, 2.75) is 57.5 Å². The molecule has 2 saturated heterocycles. The smallest absolute Gasteiger partial charge is 0.274 e. The van der Waals surface area contributed by atoms with E-state index in [1.54, 1.807) is 0 Å². The molecule has 0 N–H and O–H groups in total. The zero-order chi connectivity index (χ0) is 18.5. The lowest BCUT2D eigenvalue weighted by atomic mass is 10.1. The van der Waals surface area contributed by atoms with Gasteiger partial charge < -0.3 is 18.9 Å². The molecule has 1 aliphatic carbocycles. The van der Waals surface area contributed by atoms with Crippen LogP contribution in [0.3, 0.4) is 0 Å². The van der Waals surface area contributed by atoms with Gasteiger partial charge in [-0.05, 0) is 45.2 Å². The Morgan fingerprint density at radius 2 is 2.11 bits per heavy atom. The van der Waals surface area contributed by atoms with Gasteiger partial charge in [0.2, 0.25) is 0 Å². The van der Waals surface area contributed by atoms with E-state index in [-0.39, 0.29) is 36.1 Å². The van der Waals surface area contributed by atoms with Crippen LogP contribution in [0.5, 0.6) is 10.9 Å². The minimum atomic E-state index is -0.139. The summed E-state index contributed by atoms with van der Waals surface area (Å²) in [5, 5.41) is 0.569. The third kappa shape index (κ3) is 3.32. The molecule has 144 valence electrons. The summed E-state index contributed by atoms with van der Waals surface area (Å²) >= 11 is 1.45. The average Bonchev–Trinajstić information content (AvgIpc) is 3.06. The van der Waals surface area contributed by atoms with Gasteiger partial charge in [0, 0.05) is 18.1 Å². The van der Waals surface area contributed by atoms with Gasteiger partial charge in [0.1, 0.15) is 17.4 Å².